The highest BCUT2D eigenvalue weighted by Crippen LogP contribution is 1.99. The van der Waals surface area contributed by atoms with Crippen molar-refractivity contribution in [3.8, 4) is 0 Å². The Labute approximate surface area is 74.4 Å². The van der Waals surface area contributed by atoms with Gasteiger partial charge >= 0.3 is 5.97 Å². The zero-order valence-corrected chi connectivity index (χ0v) is 7.42. The highest BCUT2D eigenvalue weighted by atomic mass is 16.4. The van der Waals surface area contributed by atoms with E-state index in [-0.39, 0.29) is 12.0 Å². The minimum atomic E-state index is -0.982. The SMILES string of the molecule is Cc1nc(C)c(=O)[nH]c1CC(=O)O. The lowest BCUT2D eigenvalue weighted by atomic mass is 10.2. The molecule has 0 bridgehead atoms. The van der Waals surface area contributed by atoms with E-state index in [1.54, 1.807) is 13.8 Å². The number of aryl methyl sites for hydroxylation is 2. The Balaban J connectivity index is 3.16. The summed E-state index contributed by atoms with van der Waals surface area (Å²) in [5.74, 6) is -0.982. The van der Waals surface area contributed by atoms with Crippen molar-refractivity contribution in [1.29, 1.82) is 0 Å². The first kappa shape index (κ1) is 9.44. The topological polar surface area (TPSA) is 83.0 Å². The molecule has 70 valence electrons. The van der Waals surface area contributed by atoms with Crippen molar-refractivity contribution in [3.63, 3.8) is 0 Å². The molecule has 1 heterocycles. The molecule has 1 rings (SSSR count). The van der Waals surface area contributed by atoms with Crippen LogP contribution in [0.4, 0.5) is 0 Å². The molecule has 2 N–H and O–H groups in total. The minimum absolute atomic E-state index is 0.200. The van der Waals surface area contributed by atoms with Gasteiger partial charge in [0.25, 0.3) is 5.56 Å². The molecule has 0 aromatic carbocycles. The Morgan fingerprint density at radius 3 is 2.62 bits per heavy atom. The Kier molecular flexibility index (Phi) is 2.46. The fourth-order valence-corrected chi connectivity index (χ4v) is 1.01. The average molecular weight is 182 g/mol. The highest BCUT2D eigenvalue weighted by molar-refractivity contribution is 5.69. The van der Waals surface area contributed by atoms with Crippen LogP contribution in [0.25, 0.3) is 0 Å². The molecule has 5 heteroatoms. The van der Waals surface area contributed by atoms with Gasteiger partial charge in [-0.15, -0.1) is 0 Å². The van der Waals surface area contributed by atoms with Crippen LogP contribution < -0.4 is 5.56 Å². The van der Waals surface area contributed by atoms with Gasteiger partial charge in [-0.1, -0.05) is 0 Å². The van der Waals surface area contributed by atoms with Gasteiger partial charge in [0.2, 0.25) is 0 Å². The molecule has 0 amide bonds. The van der Waals surface area contributed by atoms with Gasteiger partial charge in [-0.3, -0.25) is 14.6 Å². The summed E-state index contributed by atoms with van der Waals surface area (Å²) in [7, 11) is 0. The number of carboxylic acid groups (broad SMARTS) is 1. The zero-order chi connectivity index (χ0) is 10.0. The predicted molar refractivity (Wildman–Crippen MR) is 45.7 cm³/mol. The lowest BCUT2D eigenvalue weighted by molar-refractivity contribution is -0.136. The molecule has 0 fully saturated rings. The van der Waals surface area contributed by atoms with Gasteiger partial charge in [-0.2, -0.15) is 0 Å². The number of hydrogen-bond donors (Lipinski definition) is 2. The molecule has 5 nitrogen and oxygen atoms in total. The van der Waals surface area contributed by atoms with Gasteiger partial charge in [-0.05, 0) is 13.8 Å². The van der Waals surface area contributed by atoms with E-state index in [0.717, 1.165) is 0 Å². The normalized spacial score (nSPS) is 10.0. The number of aromatic amines is 1. The van der Waals surface area contributed by atoms with Crippen LogP contribution in [0.3, 0.4) is 0 Å². The number of aliphatic carboxylic acids is 1. The summed E-state index contributed by atoms with van der Waals surface area (Å²) in [5, 5.41) is 8.50. The summed E-state index contributed by atoms with van der Waals surface area (Å²) in [6.07, 6.45) is -0.200. The number of aromatic nitrogens is 2. The second-order valence-corrected chi connectivity index (χ2v) is 2.79. The molecule has 0 atom stereocenters. The van der Waals surface area contributed by atoms with E-state index in [2.05, 4.69) is 9.97 Å². The quantitative estimate of drug-likeness (QED) is 0.675. The van der Waals surface area contributed by atoms with Gasteiger partial charge in [0.1, 0.15) is 5.69 Å². The zero-order valence-electron chi connectivity index (χ0n) is 7.42. The largest absolute Gasteiger partial charge is 0.481 e. The van der Waals surface area contributed by atoms with E-state index in [9.17, 15) is 9.59 Å². The first-order chi connectivity index (χ1) is 6.00. The third kappa shape index (κ3) is 2.14. The number of hydrogen-bond acceptors (Lipinski definition) is 3. The van der Waals surface area contributed by atoms with E-state index in [4.69, 9.17) is 5.11 Å². The van der Waals surface area contributed by atoms with Crippen LogP contribution in [0.15, 0.2) is 4.79 Å². The van der Waals surface area contributed by atoms with Crippen LogP contribution in [0.1, 0.15) is 17.1 Å². The molecule has 0 saturated carbocycles. The van der Waals surface area contributed by atoms with Gasteiger partial charge in [-0.25, -0.2) is 0 Å². The number of nitrogens with one attached hydrogen (secondary N) is 1. The highest BCUT2D eigenvalue weighted by Gasteiger charge is 2.07. The molecule has 0 radical (unpaired) electrons. The van der Waals surface area contributed by atoms with Gasteiger partial charge < -0.3 is 10.1 Å². The maximum Gasteiger partial charge on any atom is 0.309 e. The number of carboxylic acids is 1. The van der Waals surface area contributed by atoms with Crippen LogP contribution in [-0.2, 0) is 11.2 Å². The second-order valence-electron chi connectivity index (χ2n) is 2.79. The second kappa shape index (κ2) is 3.38. The van der Waals surface area contributed by atoms with Gasteiger partial charge in [0, 0.05) is 0 Å². The van der Waals surface area contributed by atoms with E-state index >= 15 is 0 Å². The first-order valence-electron chi connectivity index (χ1n) is 3.79. The van der Waals surface area contributed by atoms with Crippen molar-refractivity contribution in [2.45, 2.75) is 20.3 Å². The molecule has 0 spiro atoms. The standard InChI is InChI=1S/C8H10N2O3/c1-4-6(3-7(11)12)10-8(13)5(2)9-4/h3H2,1-2H3,(H,10,13)(H,11,12). The summed E-state index contributed by atoms with van der Waals surface area (Å²) in [4.78, 5) is 27.8. The summed E-state index contributed by atoms with van der Waals surface area (Å²) >= 11 is 0. The van der Waals surface area contributed by atoms with Gasteiger partial charge in [0.05, 0.1) is 17.8 Å². The molecule has 0 aliphatic heterocycles. The Morgan fingerprint density at radius 1 is 1.46 bits per heavy atom. The predicted octanol–water partition coefficient (Wildman–Crippen LogP) is 0.0138. The Hall–Kier alpha value is -1.65. The molecule has 0 aliphatic carbocycles. The molecule has 1 aromatic rings. The van der Waals surface area contributed by atoms with Crippen LogP contribution in [0.5, 0.6) is 0 Å². The van der Waals surface area contributed by atoms with Crippen LogP contribution in [0.2, 0.25) is 0 Å². The number of carbonyl (C=O) groups is 1. The molecular formula is C8H10N2O3. The third-order valence-electron chi connectivity index (χ3n) is 1.69. The lowest BCUT2D eigenvalue weighted by Crippen LogP contribution is -2.18. The first-order valence-corrected chi connectivity index (χ1v) is 3.79. The molecule has 0 unspecified atom stereocenters. The summed E-state index contributed by atoms with van der Waals surface area (Å²) in [6.45, 7) is 3.25. The monoisotopic (exact) mass is 182 g/mol. The number of rotatable bonds is 2. The Bertz CT molecular complexity index is 395. The van der Waals surface area contributed by atoms with Crippen molar-refractivity contribution >= 4 is 5.97 Å². The fourth-order valence-electron chi connectivity index (χ4n) is 1.01. The fraction of sp³-hybridized carbons (Fsp3) is 0.375. The third-order valence-corrected chi connectivity index (χ3v) is 1.69. The van der Waals surface area contributed by atoms with Crippen LogP contribution in [0, 0.1) is 13.8 Å². The molecule has 0 aliphatic rings. The summed E-state index contributed by atoms with van der Waals surface area (Å²) in [6, 6.07) is 0. The maximum absolute atomic E-state index is 11.1. The van der Waals surface area contributed by atoms with E-state index < -0.39 is 5.97 Å². The minimum Gasteiger partial charge on any atom is -0.481 e. The van der Waals surface area contributed by atoms with E-state index in [1.165, 1.54) is 0 Å². The van der Waals surface area contributed by atoms with Crippen molar-refractivity contribution in [3.05, 3.63) is 27.4 Å². The van der Waals surface area contributed by atoms with Crippen molar-refractivity contribution < 1.29 is 9.90 Å². The van der Waals surface area contributed by atoms with Crippen molar-refractivity contribution in [2.75, 3.05) is 0 Å². The van der Waals surface area contributed by atoms with Gasteiger partial charge in [0.15, 0.2) is 0 Å². The van der Waals surface area contributed by atoms with E-state index in [0.29, 0.717) is 17.1 Å². The lowest BCUT2D eigenvalue weighted by Gasteiger charge is -2.02. The number of nitrogens with zero attached hydrogens (tertiary/aromatic N) is 1. The Morgan fingerprint density at radius 2 is 2.08 bits per heavy atom. The summed E-state index contributed by atoms with van der Waals surface area (Å²) < 4.78 is 0. The molecule has 0 saturated heterocycles. The van der Waals surface area contributed by atoms with E-state index in [1.807, 2.05) is 0 Å². The number of H-pyrrole nitrogens is 1. The smallest absolute Gasteiger partial charge is 0.309 e. The molecular weight excluding hydrogens is 172 g/mol. The maximum atomic E-state index is 11.1. The molecule has 1 aromatic heterocycles. The van der Waals surface area contributed by atoms with Crippen molar-refractivity contribution in [1.82, 2.24) is 9.97 Å². The van der Waals surface area contributed by atoms with Crippen LogP contribution >= 0.6 is 0 Å². The van der Waals surface area contributed by atoms with Crippen LogP contribution in [-0.4, -0.2) is 21.0 Å². The summed E-state index contributed by atoms with van der Waals surface area (Å²) in [5.41, 5.74) is 0.941. The molecule has 13 heavy (non-hydrogen) atoms. The van der Waals surface area contributed by atoms with Crippen molar-refractivity contribution in [2.24, 2.45) is 0 Å². The average Bonchev–Trinajstić information content (AvgIpc) is 1.99.